The normalized spacial score (nSPS) is 10.3. The van der Waals surface area contributed by atoms with Crippen molar-refractivity contribution in [2.75, 3.05) is 17.2 Å². The second-order valence-corrected chi connectivity index (χ2v) is 5.74. The number of carbonyl (C=O) groups is 1. The van der Waals surface area contributed by atoms with E-state index in [4.69, 9.17) is 4.74 Å². The lowest BCUT2D eigenvalue weighted by molar-refractivity contribution is -0.114. The molecule has 2 aromatic carbocycles. The second kappa shape index (κ2) is 7.70. The molecule has 1 amide bonds. The van der Waals surface area contributed by atoms with E-state index in [-0.39, 0.29) is 17.2 Å². The molecule has 6 nitrogen and oxygen atoms in total. The maximum absolute atomic E-state index is 14.1. The number of nitriles is 1. The number of nitrogens with zero attached hydrogens (tertiary/aromatic N) is 2. The van der Waals surface area contributed by atoms with Crippen LogP contribution in [0, 0.1) is 17.1 Å². The molecule has 0 spiro atoms. The largest absolute Gasteiger partial charge is 0.492 e. The van der Waals surface area contributed by atoms with E-state index >= 15 is 0 Å². The van der Waals surface area contributed by atoms with Crippen LogP contribution in [0.4, 0.5) is 21.5 Å². The fourth-order valence-electron chi connectivity index (χ4n) is 2.70. The first kappa shape index (κ1) is 18.1. The Balaban J connectivity index is 2.22. The van der Waals surface area contributed by atoms with Gasteiger partial charge in [0.15, 0.2) is 0 Å². The minimum Gasteiger partial charge on any atom is -0.492 e. The molecule has 3 aromatic rings. The predicted octanol–water partition coefficient (Wildman–Crippen LogP) is 4.35. The van der Waals surface area contributed by atoms with Crippen molar-refractivity contribution < 1.29 is 13.9 Å². The molecular formula is C20H17FN4O2. The maximum atomic E-state index is 14.1. The van der Waals surface area contributed by atoms with Gasteiger partial charge in [-0.25, -0.2) is 4.39 Å². The van der Waals surface area contributed by atoms with Gasteiger partial charge in [-0.2, -0.15) is 5.26 Å². The van der Waals surface area contributed by atoms with Crippen LogP contribution >= 0.6 is 0 Å². The monoisotopic (exact) mass is 364 g/mol. The van der Waals surface area contributed by atoms with Crippen LogP contribution in [0.2, 0.25) is 0 Å². The smallest absolute Gasteiger partial charge is 0.221 e. The van der Waals surface area contributed by atoms with Gasteiger partial charge in [-0.15, -0.1) is 0 Å². The van der Waals surface area contributed by atoms with Crippen LogP contribution in [0.15, 0.2) is 42.6 Å². The number of halogens is 1. The predicted molar refractivity (Wildman–Crippen MR) is 102 cm³/mol. The number of fused-ring (bicyclic) bond motifs is 1. The summed E-state index contributed by atoms with van der Waals surface area (Å²) in [5.41, 5.74) is 1.89. The van der Waals surface area contributed by atoms with Crippen LogP contribution in [-0.2, 0) is 4.79 Å². The Morgan fingerprint density at radius 2 is 2.07 bits per heavy atom. The number of nitrogens with one attached hydrogen (secondary N) is 2. The third-order valence-electron chi connectivity index (χ3n) is 3.83. The highest BCUT2D eigenvalue weighted by atomic mass is 19.1. The van der Waals surface area contributed by atoms with E-state index in [9.17, 15) is 14.4 Å². The van der Waals surface area contributed by atoms with Gasteiger partial charge in [-0.3, -0.25) is 9.78 Å². The van der Waals surface area contributed by atoms with Gasteiger partial charge in [0.25, 0.3) is 0 Å². The molecule has 7 heteroatoms. The quantitative estimate of drug-likeness (QED) is 0.703. The van der Waals surface area contributed by atoms with Gasteiger partial charge in [0.05, 0.1) is 34.7 Å². The summed E-state index contributed by atoms with van der Waals surface area (Å²) in [6.45, 7) is 3.64. The molecule has 0 saturated heterocycles. The van der Waals surface area contributed by atoms with Gasteiger partial charge in [0.1, 0.15) is 17.6 Å². The number of para-hydroxylation sites is 1. The van der Waals surface area contributed by atoms with E-state index in [1.807, 2.05) is 6.92 Å². The molecule has 1 aromatic heterocycles. The number of pyridine rings is 1. The summed E-state index contributed by atoms with van der Waals surface area (Å²) in [7, 11) is 0. The lowest BCUT2D eigenvalue weighted by Crippen LogP contribution is -2.08. The summed E-state index contributed by atoms with van der Waals surface area (Å²) in [6, 6.07) is 11.6. The molecule has 136 valence electrons. The molecule has 2 N–H and O–H groups in total. The highest BCUT2D eigenvalue weighted by Crippen LogP contribution is 2.36. The minimum atomic E-state index is -0.445. The van der Waals surface area contributed by atoms with Crippen LogP contribution in [0.3, 0.4) is 0 Å². The fourth-order valence-corrected chi connectivity index (χ4v) is 2.70. The summed E-state index contributed by atoms with van der Waals surface area (Å²) in [6.07, 6.45) is 1.42. The maximum Gasteiger partial charge on any atom is 0.221 e. The van der Waals surface area contributed by atoms with Gasteiger partial charge in [-0.05, 0) is 25.1 Å². The summed E-state index contributed by atoms with van der Waals surface area (Å²) in [4.78, 5) is 15.8. The lowest BCUT2D eigenvalue weighted by atomic mass is 10.1. The van der Waals surface area contributed by atoms with E-state index in [1.54, 1.807) is 30.3 Å². The molecule has 3 rings (SSSR count). The fraction of sp³-hybridized carbons (Fsp3) is 0.150. The molecule has 0 fully saturated rings. The first-order chi connectivity index (χ1) is 13.0. The standard InChI is InChI=1S/C20H17FN4O2/c1-3-27-19-9-17-14(8-18(19)24-12(2)26)20(13(10-22)11-23-17)25-16-7-5-4-6-15(16)21/h4-9,11H,3H2,1-2H3,(H,23,25)(H,24,26). The highest BCUT2D eigenvalue weighted by molar-refractivity contribution is 6.01. The van der Waals surface area contributed by atoms with Crippen molar-refractivity contribution in [1.82, 2.24) is 4.98 Å². The van der Waals surface area contributed by atoms with Crippen LogP contribution in [0.1, 0.15) is 19.4 Å². The van der Waals surface area contributed by atoms with Gasteiger partial charge < -0.3 is 15.4 Å². The van der Waals surface area contributed by atoms with Crippen LogP contribution in [-0.4, -0.2) is 17.5 Å². The molecule has 0 aliphatic carbocycles. The number of hydrogen-bond donors (Lipinski definition) is 2. The van der Waals surface area contributed by atoms with Crippen molar-refractivity contribution in [3.05, 3.63) is 54.0 Å². The Morgan fingerprint density at radius 3 is 2.74 bits per heavy atom. The lowest BCUT2D eigenvalue weighted by Gasteiger charge is -2.16. The zero-order valence-corrected chi connectivity index (χ0v) is 14.8. The van der Waals surface area contributed by atoms with E-state index < -0.39 is 5.82 Å². The number of amides is 1. The van der Waals surface area contributed by atoms with Crippen molar-refractivity contribution in [3.63, 3.8) is 0 Å². The molecule has 1 heterocycles. The van der Waals surface area contributed by atoms with Gasteiger partial charge in [0.2, 0.25) is 5.91 Å². The number of hydrogen-bond acceptors (Lipinski definition) is 5. The Hall–Kier alpha value is -3.66. The number of benzene rings is 2. The SMILES string of the molecule is CCOc1cc2ncc(C#N)c(Nc3ccccc3F)c2cc1NC(C)=O. The number of carbonyl (C=O) groups excluding carboxylic acids is 1. The molecule has 0 radical (unpaired) electrons. The average Bonchev–Trinajstić information content (AvgIpc) is 2.64. The van der Waals surface area contributed by atoms with Gasteiger partial charge in [0, 0.05) is 24.6 Å². The highest BCUT2D eigenvalue weighted by Gasteiger charge is 2.15. The first-order valence-corrected chi connectivity index (χ1v) is 8.32. The molecule has 0 aliphatic heterocycles. The Labute approximate surface area is 155 Å². The van der Waals surface area contributed by atoms with Crippen molar-refractivity contribution in [2.24, 2.45) is 0 Å². The summed E-state index contributed by atoms with van der Waals surface area (Å²) < 4.78 is 19.7. The Kier molecular flexibility index (Phi) is 5.18. The van der Waals surface area contributed by atoms with Crippen molar-refractivity contribution in [1.29, 1.82) is 5.26 Å². The molecule has 0 saturated carbocycles. The Bertz CT molecular complexity index is 1060. The molecule has 27 heavy (non-hydrogen) atoms. The average molecular weight is 364 g/mol. The number of aromatic nitrogens is 1. The summed E-state index contributed by atoms with van der Waals surface area (Å²) in [5.74, 6) is -0.239. The van der Waals surface area contributed by atoms with Crippen LogP contribution < -0.4 is 15.4 Å². The molecule has 0 bridgehead atoms. The van der Waals surface area contributed by atoms with Crippen LogP contribution in [0.25, 0.3) is 10.9 Å². The van der Waals surface area contributed by atoms with E-state index in [2.05, 4.69) is 21.7 Å². The van der Waals surface area contributed by atoms with Crippen molar-refractivity contribution >= 4 is 33.9 Å². The summed E-state index contributed by atoms with van der Waals surface area (Å²) >= 11 is 0. The van der Waals surface area contributed by atoms with Gasteiger partial charge >= 0.3 is 0 Å². The van der Waals surface area contributed by atoms with Crippen molar-refractivity contribution in [2.45, 2.75) is 13.8 Å². The number of rotatable bonds is 5. The van der Waals surface area contributed by atoms with E-state index in [0.29, 0.717) is 34.6 Å². The molecular weight excluding hydrogens is 347 g/mol. The second-order valence-electron chi connectivity index (χ2n) is 5.74. The molecule has 0 aliphatic rings. The van der Waals surface area contributed by atoms with Crippen molar-refractivity contribution in [3.8, 4) is 11.8 Å². The van der Waals surface area contributed by atoms with E-state index in [1.165, 1.54) is 19.2 Å². The van der Waals surface area contributed by atoms with Crippen LogP contribution in [0.5, 0.6) is 5.75 Å². The topological polar surface area (TPSA) is 87.0 Å². The number of ether oxygens (including phenoxy) is 1. The zero-order chi connectivity index (χ0) is 19.4. The molecule has 0 atom stereocenters. The Morgan fingerprint density at radius 1 is 1.30 bits per heavy atom. The number of anilines is 3. The van der Waals surface area contributed by atoms with Gasteiger partial charge in [-0.1, -0.05) is 12.1 Å². The third kappa shape index (κ3) is 3.80. The zero-order valence-electron chi connectivity index (χ0n) is 14.8. The first-order valence-electron chi connectivity index (χ1n) is 8.32. The van der Waals surface area contributed by atoms with E-state index in [0.717, 1.165) is 0 Å². The third-order valence-corrected chi connectivity index (χ3v) is 3.83. The minimum absolute atomic E-state index is 0.233. The molecule has 0 unspecified atom stereocenters. The summed E-state index contributed by atoms with van der Waals surface area (Å²) in [5, 5.41) is 15.7.